The van der Waals surface area contributed by atoms with Crippen LogP contribution in [0.25, 0.3) is 0 Å². The topological polar surface area (TPSA) is 37.3 Å². The van der Waals surface area contributed by atoms with E-state index in [0.717, 1.165) is 21.2 Å². The Morgan fingerprint density at radius 3 is 2.55 bits per heavy atom. The second kappa shape index (κ2) is 6.71. The summed E-state index contributed by atoms with van der Waals surface area (Å²) in [5.74, 6) is -1.14. The summed E-state index contributed by atoms with van der Waals surface area (Å²) >= 11 is 3.42. The van der Waals surface area contributed by atoms with Crippen molar-refractivity contribution in [3.8, 4) is 0 Å². The van der Waals surface area contributed by atoms with E-state index in [-0.39, 0.29) is 0 Å². The molecule has 0 saturated carbocycles. The van der Waals surface area contributed by atoms with Crippen LogP contribution in [0.15, 0.2) is 53.0 Å². The number of carbonyl (C=O) groups is 1. The maximum Gasteiger partial charge on any atom is 0.307 e. The highest BCUT2D eigenvalue weighted by molar-refractivity contribution is 9.10. The zero-order valence-corrected chi connectivity index (χ0v) is 12.9. The first-order valence-electron chi connectivity index (χ1n) is 6.58. The van der Waals surface area contributed by atoms with Gasteiger partial charge in [-0.05, 0) is 48.6 Å². The molecule has 0 heterocycles. The van der Waals surface area contributed by atoms with E-state index in [2.05, 4.69) is 15.9 Å². The van der Waals surface area contributed by atoms with Gasteiger partial charge in [0.15, 0.2) is 0 Å². The van der Waals surface area contributed by atoms with Gasteiger partial charge in [-0.1, -0.05) is 52.3 Å². The summed E-state index contributed by atoms with van der Waals surface area (Å²) in [5, 5.41) is 9.44. The number of aryl methyl sites for hydroxylation is 1. The molecule has 2 rings (SSSR count). The fourth-order valence-electron chi connectivity index (χ4n) is 2.30. The zero-order chi connectivity index (χ0) is 14.5. The Bertz CT molecular complexity index is 607. The molecular weight excluding hydrogens is 316 g/mol. The maximum absolute atomic E-state index is 11.5. The molecule has 0 bridgehead atoms. The number of carboxylic acid groups (broad SMARTS) is 1. The minimum Gasteiger partial charge on any atom is -0.481 e. The first-order valence-corrected chi connectivity index (χ1v) is 7.37. The molecular formula is C17H17BrO2. The molecule has 0 aliphatic rings. The van der Waals surface area contributed by atoms with Crippen LogP contribution in [-0.4, -0.2) is 11.1 Å². The summed E-state index contributed by atoms with van der Waals surface area (Å²) in [6.45, 7) is 2.02. The second-order valence-electron chi connectivity index (χ2n) is 5.00. The lowest BCUT2D eigenvalue weighted by molar-refractivity contribution is -0.141. The Morgan fingerprint density at radius 2 is 1.90 bits per heavy atom. The number of carboxylic acids is 1. The van der Waals surface area contributed by atoms with Crippen LogP contribution in [-0.2, 0) is 17.6 Å². The molecule has 104 valence electrons. The average molecular weight is 333 g/mol. The van der Waals surface area contributed by atoms with Crippen molar-refractivity contribution < 1.29 is 9.90 Å². The van der Waals surface area contributed by atoms with E-state index >= 15 is 0 Å². The van der Waals surface area contributed by atoms with Crippen molar-refractivity contribution in [2.75, 3.05) is 0 Å². The van der Waals surface area contributed by atoms with Crippen molar-refractivity contribution in [3.05, 3.63) is 69.7 Å². The van der Waals surface area contributed by atoms with Crippen molar-refractivity contribution in [1.29, 1.82) is 0 Å². The Labute approximate surface area is 127 Å². The third-order valence-corrected chi connectivity index (χ3v) is 3.94. The van der Waals surface area contributed by atoms with Crippen LogP contribution in [0.4, 0.5) is 0 Å². The minimum absolute atomic E-state index is 0.398. The molecule has 1 unspecified atom stereocenters. The van der Waals surface area contributed by atoms with Crippen molar-refractivity contribution in [2.45, 2.75) is 19.8 Å². The highest BCUT2D eigenvalue weighted by atomic mass is 79.9. The number of halogens is 1. The number of hydrogen-bond acceptors (Lipinski definition) is 1. The molecule has 2 aromatic rings. The molecule has 3 heteroatoms. The molecule has 2 nitrogen and oxygen atoms in total. The zero-order valence-electron chi connectivity index (χ0n) is 11.3. The molecule has 2 aromatic carbocycles. The van der Waals surface area contributed by atoms with Gasteiger partial charge in [-0.2, -0.15) is 0 Å². The third-order valence-electron chi connectivity index (χ3n) is 3.45. The molecule has 0 aliphatic heterocycles. The summed E-state index contributed by atoms with van der Waals surface area (Å²) in [7, 11) is 0. The fourth-order valence-corrected chi connectivity index (χ4v) is 2.75. The Balaban J connectivity index is 2.16. The molecule has 0 aromatic heterocycles. The van der Waals surface area contributed by atoms with E-state index in [1.807, 2.05) is 55.5 Å². The number of aliphatic carboxylic acids is 1. The van der Waals surface area contributed by atoms with Crippen LogP contribution in [0.2, 0.25) is 0 Å². The quantitative estimate of drug-likeness (QED) is 0.888. The van der Waals surface area contributed by atoms with Crippen LogP contribution >= 0.6 is 15.9 Å². The highest BCUT2D eigenvalue weighted by Gasteiger charge is 2.19. The van der Waals surface area contributed by atoms with Crippen molar-refractivity contribution in [1.82, 2.24) is 0 Å². The van der Waals surface area contributed by atoms with E-state index in [4.69, 9.17) is 0 Å². The fraction of sp³-hybridized carbons (Fsp3) is 0.235. The van der Waals surface area contributed by atoms with Gasteiger partial charge in [-0.25, -0.2) is 0 Å². The lowest BCUT2D eigenvalue weighted by atomic mass is 9.91. The summed E-state index contributed by atoms with van der Waals surface area (Å²) in [6, 6.07) is 15.8. The number of benzene rings is 2. The lowest BCUT2D eigenvalue weighted by Gasteiger charge is -2.14. The van der Waals surface area contributed by atoms with Crippen molar-refractivity contribution in [2.24, 2.45) is 5.92 Å². The van der Waals surface area contributed by atoms with Crippen molar-refractivity contribution >= 4 is 21.9 Å². The second-order valence-corrected chi connectivity index (χ2v) is 5.92. The van der Waals surface area contributed by atoms with Crippen LogP contribution in [0.1, 0.15) is 16.7 Å². The van der Waals surface area contributed by atoms with Crippen LogP contribution in [0.3, 0.4) is 0 Å². The van der Waals surface area contributed by atoms with E-state index in [1.165, 1.54) is 0 Å². The molecule has 1 N–H and O–H groups in total. The first kappa shape index (κ1) is 14.8. The average Bonchev–Trinajstić information content (AvgIpc) is 2.40. The van der Waals surface area contributed by atoms with Gasteiger partial charge >= 0.3 is 5.97 Å². The van der Waals surface area contributed by atoms with Gasteiger partial charge in [0, 0.05) is 4.47 Å². The lowest BCUT2D eigenvalue weighted by Crippen LogP contribution is -2.19. The van der Waals surface area contributed by atoms with Gasteiger partial charge in [0.2, 0.25) is 0 Å². The third kappa shape index (κ3) is 3.94. The smallest absolute Gasteiger partial charge is 0.307 e. The highest BCUT2D eigenvalue weighted by Crippen LogP contribution is 2.20. The number of hydrogen-bond donors (Lipinski definition) is 1. The monoisotopic (exact) mass is 332 g/mol. The first-order chi connectivity index (χ1) is 9.56. The SMILES string of the molecule is Cc1ccccc1CC(Cc1cccc(Br)c1)C(=O)O. The van der Waals surface area contributed by atoms with Gasteiger partial charge in [-0.3, -0.25) is 4.79 Å². The summed E-state index contributed by atoms with van der Waals surface area (Å²) in [6.07, 6.45) is 1.11. The van der Waals surface area contributed by atoms with Gasteiger partial charge in [-0.15, -0.1) is 0 Å². The van der Waals surface area contributed by atoms with Crippen LogP contribution in [0.5, 0.6) is 0 Å². The Morgan fingerprint density at radius 1 is 1.15 bits per heavy atom. The molecule has 1 atom stereocenters. The molecule has 0 fully saturated rings. The maximum atomic E-state index is 11.5. The molecule has 20 heavy (non-hydrogen) atoms. The molecule has 0 aliphatic carbocycles. The molecule has 0 amide bonds. The summed E-state index contributed by atoms with van der Waals surface area (Å²) in [4.78, 5) is 11.5. The minimum atomic E-state index is -0.742. The van der Waals surface area contributed by atoms with E-state index in [9.17, 15) is 9.90 Å². The summed E-state index contributed by atoms with van der Waals surface area (Å²) < 4.78 is 0.982. The summed E-state index contributed by atoms with van der Waals surface area (Å²) in [5.41, 5.74) is 3.29. The molecule has 0 saturated heterocycles. The molecule has 0 radical (unpaired) electrons. The predicted molar refractivity (Wildman–Crippen MR) is 83.9 cm³/mol. The van der Waals surface area contributed by atoms with E-state index < -0.39 is 11.9 Å². The van der Waals surface area contributed by atoms with E-state index in [1.54, 1.807) is 0 Å². The standard InChI is InChI=1S/C17H17BrO2/c1-12-5-2-3-7-14(12)11-15(17(19)20)9-13-6-4-8-16(18)10-13/h2-8,10,15H,9,11H2,1H3,(H,19,20). The Hall–Kier alpha value is -1.61. The van der Waals surface area contributed by atoms with Crippen molar-refractivity contribution in [3.63, 3.8) is 0 Å². The normalized spacial score (nSPS) is 12.1. The van der Waals surface area contributed by atoms with Crippen LogP contribution < -0.4 is 0 Å². The van der Waals surface area contributed by atoms with Gasteiger partial charge in [0.05, 0.1) is 5.92 Å². The number of rotatable bonds is 5. The van der Waals surface area contributed by atoms with Gasteiger partial charge in [0.25, 0.3) is 0 Å². The largest absolute Gasteiger partial charge is 0.481 e. The van der Waals surface area contributed by atoms with Gasteiger partial charge in [0.1, 0.15) is 0 Å². The molecule has 0 spiro atoms. The predicted octanol–water partition coefficient (Wildman–Crippen LogP) is 4.24. The van der Waals surface area contributed by atoms with E-state index in [0.29, 0.717) is 12.8 Å². The van der Waals surface area contributed by atoms with Crippen LogP contribution in [0, 0.1) is 12.8 Å². The van der Waals surface area contributed by atoms with Gasteiger partial charge < -0.3 is 5.11 Å². The Kier molecular flexibility index (Phi) is 4.96.